The Hall–Kier alpha value is -2.48. The van der Waals surface area contributed by atoms with E-state index in [-0.39, 0.29) is 6.04 Å². The van der Waals surface area contributed by atoms with Crippen LogP contribution in [0.4, 0.5) is 11.4 Å². The molecule has 5 heteroatoms. The van der Waals surface area contributed by atoms with Crippen LogP contribution < -0.4 is 11.1 Å². The fourth-order valence-corrected chi connectivity index (χ4v) is 1.59. The number of nitrogens with zero attached hydrogens (tertiary/aromatic N) is 2. The second-order valence-corrected chi connectivity index (χ2v) is 3.81. The highest BCUT2D eigenvalue weighted by molar-refractivity contribution is 5.63. The normalized spacial score (nSPS) is 11.8. The van der Waals surface area contributed by atoms with E-state index in [2.05, 4.69) is 21.6 Å². The quantitative estimate of drug-likeness (QED) is 0.700. The number of aromatic nitrogens is 2. The number of nitrogen functional groups attached to an aromatic ring is 1. The third kappa shape index (κ3) is 2.37. The molecule has 1 unspecified atom stereocenters. The molecule has 1 aromatic heterocycles. The maximum Gasteiger partial charge on any atom is 0.101 e. The first kappa shape index (κ1) is 11.0. The Kier molecular flexibility index (Phi) is 2.97. The number of benzene rings is 1. The summed E-state index contributed by atoms with van der Waals surface area (Å²) in [5.41, 5.74) is 8.57. The average molecular weight is 227 g/mol. The highest BCUT2D eigenvalue weighted by atomic mass is 15.1. The molecule has 86 valence electrons. The van der Waals surface area contributed by atoms with Gasteiger partial charge < -0.3 is 11.1 Å². The van der Waals surface area contributed by atoms with Gasteiger partial charge in [-0.15, -0.1) is 0 Å². The number of rotatable bonds is 3. The van der Waals surface area contributed by atoms with Crippen LogP contribution in [0, 0.1) is 11.3 Å². The van der Waals surface area contributed by atoms with Crippen LogP contribution in [0.2, 0.25) is 0 Å². The van der Waals surface area contributed by atoms with Crippen LogP contribution in [0.25, 0.3) is 0 Å². The van der Waals surface area contributed by atoms with E-state index in [1.54, 1.807) is 18.3 Å². The fraction of sp³-hybridized carbons (Fsp3) is 0.167. The predicted molar refractivity (Wildman–Crippen MR) is 66.2 cm³/mol. The summed E-state index contributed by atoms with van der Waals surface area (Å²) in [5, 5.41) is 18.9. The first-order chi connectivity index (χ1) is 8.20. The van der Waals surface area contributed by atoms with E-state index in [0.717, 1.165) is 11.3 Å². The smallest absolute Gasteiger partial charge is 0.101 e. The van der Waals surface area contributed by atoms with Crippen molar-refractivity contribution in [2.75, 3.05) is 11.1 Å². The lowest BCUT2D eigenvalue weighted by atomic mass is 10.1. The molecule has 1 heterocycles. The van der Waals surface area contributed by atoms with Gasteiger partial charge in [0.15, 0.2) is 0 Å². The van der Waals surface area contributed by atoms with Crippen LogP contribution in [0.15, 0.2) is 30.6 Å². The van der Waals surface area contributed by atoms with Crippen molar-refractivity contribution in [3.63, 3.8) is 0 Å². The molecule has 0 radical (unpaired) electrons. The molecule has 2 rings (SSSR count). The van der Waals surface area contributed by atoms with Crippen molar-refractivity contribution in [1.82, 2.24) is 10.2 Å². The van der Waals surface area contributed by atoms with Crippen molar-refractivity contribution in [2.24, 2.45) is 0 Å². The monoisotopic (exact) mass is 227 g/mol. The summed E-state index contributed by atoms with van der Waals surface area (Å²) < 4.78 is 0. The van der Waals surface area contributed by atoms with Gasteiger partial charge in [-0.25, -0.2) is 0 Å². The van der Waals surface area contributed by atoms with Crippen molar-refractivity contribution in [2.45, 2.75) is 13.0 Å². The van der Waals surface area contributed by atoms with E-state index in [1.807, 2.05) is 19.2 Å². The number of nitriles is 1. The molecule has 1 atom stereocenters. The van der Waals surface area contributed by atoms with E-state index < -0.39 is 0 Å². The first-order valence-corrected chi connectivity index (χ1v) is 5.25. The second kappa shape index (κ2) is 4.58. The lowest BCUT2D eigenvalue weighted by Gasteiger charge is -2.14. The van der Waals surface area contributed by atoms with Crippen LogP contribution in [0.5, 0.6) is 0 Å². The van der Waals surface area contributed by atoms with Crippen LogP contribution in [-0.4, -0.2) is 10.2 Å². The standard InChI is InChI=1S/C12H13N5/c1-8(10-6-15-16-7-10)17-12-3-2-11(14)4-9(12)5-13/h2-4,6-8,17H,14H2,1H3,(H,15,16). The number of aromatic amines is 1. The largest absolute Gasteiger partial charge is 0.399 e. The third-order valence-electron chi connectivity index (χ3n) is 2.56. The zero-order valence-corrected chi connectivity index (χ0v) is 9.44. The highest BCUT2D eigenvalue weighted by Gasteiger charge is 2.09. The highest BCUT2D eigenvalue weighted by Crippen LogP contribution is 2.23. The molecule has 0 saturated carbocycles. The third-order valence-corrected chi connectivity index (χ3v) is 2.56. The SMILES string of the molecule is CC(Nc1ccc(N)cc1C#N)c1cn[nH]c1. The Labute approximate surface area is 99.3 Å². The maximum absolute atomic E-state index is 9.02. The van der Waals surface area contributed by atoms with Crippen molar-refractivity contribution in [3.8, 4) is 6.07 Å². The molecule has 0 fully saturated rings. The summed E-state index contributed by atoms with van der Waals surface area (Å²) in [6, 6.07) is 7.43. The number of H-pyrrole nitrogens is 1. The summed E-state index contributed by atoms with van der Waals surface area (Å²) in [6.45, 7) is 2.00. The minimum atomic E-state index is 0.0736. The summed E-state index contributed by atoms with van der Waals surface area (Å²) in [4.78, 5) is 0. The van der Waals surface area contributed by atoms with Crippen molar-refractivity contribution in [3.05, 3.63) is 41.7 Å². The molecular weight excluding hydrogens is 214 g/mol. The van der Waals surface area contributed by atoms with Crippen LogP contribution in [0.3, 0.4) is 0 Å². The van der Waals surface area contributed by atoms with E-state index in [1.165, 1.54) is 0 Å². The number of anilines is 2. The average Bonchev–Trinajstić information content (AvgIpc) is 2.85. The number of hydrogen-bond acceptors (Lipinski definition) is 4. The molecule has 17 heavy (non-hydrogen) atoms. The Balaban J connectivity index is 2.22. The molecule has 0 spiro atoms. The molecule has 0 bridgehead atoms. The molecule has 0 aliphatic carbocycles. The number of nitrogens with one attached hydrogen (secondary N) is 2. The molecular formula is C12H13N5. The van der Waals surface area contributed by atoms with E-state index >= 15 is 0 Å². The summed E-state index contributed by atoms with van der Waals surface area (Å²) in [6.07, 6.45) is 3.57. The zero-order chi connectivity index (χ0) is 12.3. The Bertz CT molecular complexity index is 539. The van der Waals surface area contributed by atoms with Gasteiger partial charge in [0.2, 0.25) is 0 Å². The summed E-state index contributed by atoms with van der Waals surface area (Å²) in [5.74, 6) is 0. The molecule has 0 amide bonds. The van der Waals surface area contributed by atoms with Gasteiger partial charge in [0.1, 0.15) is 6.07 Å². The summed E-state index contributed by atoms with van der Waals surface area (Å²) in [7, 11) is 0. The van der Waals surface area contributed by atoms with Gasteiger partial charge in [-0.2, -0.15) is 10.4 Å². The topological polar surface area (TPSA) is 90.5 Å². The van der Waals surface area contributed by atoms with Gasteiger partial charge in [-0.1, -0.05) is 0 Å². The maximum atomic E-state index is 9.02. The minimum absolute atomic E-state index is 0.0736. The second-order valence-electron chi connectivity index (χ2n) is 3.81. The molecule has 5 nitrogen and oxygen atoms in total. The first-order valence-electron chi connectivity index (χ1n) is 5.25. The number of nitrogens with two attached hydrogens (primary N) is 1. The zero-order valence-electron chi connectivity index (χ0n) is 9.44. The van der Waals surface area contributed by atoms with Crippen LogP contribution >= 0.6 is 0 Å². The lowest BCUT2D eigenvalue weighted by Crippen LogP contribution is -2.07. The van der Waals surface area contributed by atoms with Crippen molar-refractivity contribution in [1.29, 1.82) is 5.26 Å². The van der Waals surface area contributed by atoms with Gasteiger partial charge in [-0.05, 0) is 25.1 Å². The minimum Gasteiger partial charge on any atom is -0.399 e. The molecule has 2 aromatic rings. The Morgan fingerprint density at radius 1 is 1.53 bits per heavy atom. The number of hydrogen-bond donors (Lipinski definition) is 3. The van der Waals surface area contributed by atoms with E-state index in [0.29, 0.717) is 11.3 Å². The van der Waals surface area contributed by atoms with Crippen LogP contribution in [0.1, 0.15) is 24.1 Å². The summed E-state index contributed by atoms with van der Waals surface area (Å²) >= 11 is 0. The van der Waals surface area contributed by atoms with Gasteiger partial charge in [0.25, 0.3) is 0 Å². The molecule has 0 aliphatic rings. The van der Waals surface area contributed by atoms with Crippen molar-refractivity contribution < 1.29 is 0 Å². The van der Waals surface area contributed by atoms with Gasteiger partial charge in [0, 0.05) is 17.4 Å². The molecule has 1 aromatic carbocycles. The van der Waals surface area contributed by atoms with Crippen molar-refractivity contribution >= 4 is 11.4 Å². The Morgan fingerprint density at radius 2 is 2.35 bits per heavy atom. The van der Waals surface area contributed by atoms with E-state index in [9.17, 15) is 0 Å². The lowest BCUT2D eigenvalue weighted by molar-refractivity contribution is 0.885. The van der Waals surface area contributed by atoms with Gasteiger partial charge in [0.05, 0.1) is 23.5 Å². The Morgan fingerprint density at radius 3 is 3.00 bits per heavy atom. The predicted octanol–water partition coefficient (Wildman–Crippen LogP) is 2.04. The van der Waals surface area contributed by atoms with Gasteiger partial charge >= 0.3 is 0 Å². The molecule has 0 aliphatic heterocycles. The molecule has 0 saturated heterocycles. The van der Waals surface area contributed by atoms with E-state index in [4.69, 9.17) is 11.0 Å². The van der Waals surface area contributed by atoms with Crippen LogP contribution in [-0.2, 0) is 0 Å². The molecule has 4 N–H and O–H groups in total. The van der Waals surface area contributed by atoms with Gasteiger partial charge in [-0.3, -0.25) is 5.10 Å². The fourth-order valence-electron chi connectivity index (χ4n) is 1.59.